The zero-order valence-electron chi connectivity index (χ0n) is 17.2. The second-order valence-corrected chi connectivity index (χ2v) is 8.38. The molecule has 1 fully saturated rings. The minimum atomic E-state index is 0.689. The zero-order chi connectivity index (χ0) is 19.3. The summed E-state index contributed by atoms with van der Waals surface area (Å²) in [4.78, 5) is 10.7. The highest BCUT2D eigenvalue weighted by atomic mass is 32.1. The summed E-state index contributed by atoms with van der Waals surface area (Å²) in [6.07, 6.45) is 3.66. The number of nitrogens with one attached hydrogen (secondary N) is 2. The van der Waals surface area contributed by atoms with Crippen LogP contribution in [0.15, 0.2) is 22.5 Å². The number of likely N-dealkylation sites (N-methyl/N-ethyl adjacent to an activating group) is 1. The Morgan fingerprint density at radius 3 is 3.04 bits per heavy atom. The lowest BCUT2D eigenvalue weighted by Crippen LogP contribution is -2.45. The number of likely N-dealkylation sites (tertiary alicyclic amines) is 1. The van der Waals surface area contributed by atoms with Crippen LogP contribution in [0.4, 0.5) is 0 Å². The topological polar surface area (TPSA) is 52.1 Å². The molecule has 1 saturated heterocycles. The van der Waals surface area contributed by atoms with E-state index < -0.39 is 0 Å². The Morgan fingerprint density at radius 1 is 1.41 bits per heavy atom. The summed E-state index contributed by atoms with van der Waals surface area (Å²) in [6.45, 7) is 8.26. The summed E-state index contributed by atoms with van der Waals surface area (Å²) in [5.41, 5.74) is 0. The number of rotatable bonds is 11. The smallest absolute Gasteiger partial charge is 0.191 e. The standard InChI is InChI=1S/C20H37N5OS/c1-21-20(22-9-12-24(2)10-6-13-26-3)23-15-18-7-4-11-25(16-18)17-19-8-5-14-27-19/h5,8,14,18H,4,6-7,9-13,15-17H2,1-3H3,(H2,21,22,23). The fraction of sp³-hybridized carbons (Fsp3) is 0.750. The average molecular weight is 396 g/mol. The Bertz CT molecular complexity index is 522. The van der Waals surface area contributed by atoms with Crippen molar-refractivity contribution < 1.29 is 4.74 Å². The van der Waals surface area contributed by atoms with Crippen LogP contribution in [0.25, 0.3) is 0 Å². The number of methoxy groups -OCH3 is 1. The SMILES string of the molecule is CN=C(NCCN(C)CCCOC)NCC1CCCN(Cc2cccs2)C1. The van der Waals surface area contributed by atoms with Crippen molar-refractivity contribution in [3.05, 3.63) is 22.4 Å². The van der Waals surface area contributed by atoms with Gasteiger partial charge in [-0.2, -0.15) is 0 Å². The molecule has 154 valence electrons. The first kappa shape index (κ1) is 22.1. The maximum Gasteiger partial charge on any atom is 0.191 e. The molecule has 0 saturated carbocycles. The van der Waals surface area contributed by atoms with Gasteiger partial charge in [0.1, 0.15) is 0 Å². The van der Waals surface area contributed by atoms with Crippen molar-refractivity contribution >= 4 is 17.3 Å². The first-order chi connectivity index (χ1) is 13.2. The fourth-order valence-electron chi connectivity index (χ4n) is 3.50. The molecular weight excluding hydrogens is 358 g/mol. The van der Waals surface area contributed by atoms with Crippen molar-refractivity contribution in [3.8, 4) is 0 Å². The molecule has 0 aromatic carbocycles. The van der Waals surface area contributed by atoms with Gasteiger partial charge in [-0.1, -0.05) is 6.07 Å². The van der Waals surface area contributed by atoms with Crippen molar-refractivity contribution in [1.29, 1.82) is 0 Å². The normalized spacial score (nSPS) is 18.8. The van der Waals surface area contributed by atoms with E-state index in [1.807, 2.05) is 18.4 Å². The summed E-state index contributed by atoms with van der Waals surface area (Å²) in [5, 5.41) is 9.12. The second-order valence-electron chi connectivity index (χ2n) is 7.35. The third-order valence-corrected chi connectivity index (χ3v) is 5.88. The van der Waals surface area contributed by atoms with Gasteiger partial charge in [0.2, 0.25) is 0 Å². The van der Waals surface area contributed by atoms with Crippen LogP contribution in [0.2, 0.25) is 0 Å². The minimum Gasteiger partial charge on any atom is -0.385 e. The molecule has 0 amide bonds. The van der Waals surface area contributed by atoms with Crippen LogP contribution in [0.1, 0.15) is 24.1 Å². The Kier molecular flexibility index (Phi) is 10.7. The number of aliphatic imine (C=N–C) groups is 1. The highest BCUT2D eigenvalue weighted by Gasteiger charge is 2.20. The lowest BCUT2D eigenvalue weighted by molar-refractivity contribution is 0.169. The van der Waals surface area contributed by atoms with Crippen molar-refractivity contribution in [2.45, 2.75) is 25.8 Å². The number of nitrogens with zero attached hydrogens (tertiary/aromatic N) is 3. The molecule has 0 aliphatic carbocycles. The monoisotopic (exact) mass is 395 g/mol. The van der Waals surface area contributed by atoms with Crippen molar-refractivity contribution in [3.63, 3.8) is 0 Å². The third kappa shape index (κ3) is 9.06. The summed E-state index contributed by atoms with van der Waals surface area (Å²) in [7, 11) is 5.75. The van der Waals surface area contributed by atoms with E-state index in [4.69, 9.17) is 4.74 Å². The summed E-state index contributed by atoms with van der Waals surface area (Å²) >= 11 is 1.86. The predicted octanol–water partition coefficient (Wildman–Crippen LogP) is 2.09. The van der Waals surface area contributed by atoms with Crippen molar-refractivity contribution in [1.82, 2.24) is 20.4 Å². The molecule has 1 atom stereocenters. The lowest BCUT2D eigenvalue weighted by Gasteiger charge is -2.32. The second kappa shape index (κ2) is 13.1. The number of guanidine groups is 1. The van der Waals surface area contributed by atoms with Crippen LogP contribution in [-0.2, 0) is 11.3 Å². The third-order valence-electron chi connectivity index (χ3n) is 5.02. The largest absolute Gasteiger partial charge is 0.385 e. The molecule has 0 spiro atoms. The molecule has 1 aromatic heterocycles. The number of piperidine rings is 1. The van der Waals surface area contributed by atoms with E-state index >= 15 is 0 Å². The van der Waals surface area contributed by atoms with Gasteiger partial charge in [0.15, 0.2) is 5.96 Å². The Hall–Kier alpha value is -1.15. The van der Waals surface area contributed by atoms with Gasteiger partial charge in [-0.3, -0.25) is 9.89 Å². The highest BCUT2D eigenvalue weighted by molar-refractivity contribution is 7.09. The van der Waals surface area contributed by atoms with Gasteiger partial charge in [0.05, 0.1) is 0 Å². The molecule has 1 aliphatic rings. The maximum absolute atomic E-state index is 5.10. The van der Waals surface area contributed by atoms with E-state index in [0.29, 0.717) is 5.92 Å². The van der Waals surface area contributed by atoms with Crippen molar-refractivity contribution in [2.24, 2.45) is 10.9 Å². The number of ether oxygens (including phenoxy) is 1. The number of hydrogen-bond donors (Lipinski definition) is 2. The summed E-state index contributed by atoms with van der Waals surface area (Å²) in [5.74, 6) is 1.60. The summed E-state index contributed by atoms with van der Waals surface area (Å²) in [6, 6.07) is 4.39. The average Bonchev–Trinajstić information content (AvgIpc) is 3.18. The quantitative estimate of drug-likeness (QED) is 0.341. The predicted molar refractivity (Wildman–Crippen MR) is 116 cm³/mol. The van der Waals surface area contributed by atoms with E-state index in [1.165, 1.54) is 30.8 Å². The molecule has 6 nitrogen and oxygen atoms in total. The van der Waals surface area contributed by atoms with Crippen LogP contribution < -0.4 is 10.6 Å². The van der Waals surface area contributed by atoms with Crippen LogP contribution >= 0.6 is 11.3 Å². The minimum absolute atomic E-state index is 0.689. The first-order valence-corrected chi connectivity index (χ1v) is 11.0. The molecule has 2 heterocycles. The molecule has 1 aliphatic heterocycles. The molecule has 1 unspecified atom stereocenters. The van der Waals surface area contributed by atoms with E-state index in [9.17, 15) is 0 Å². The van der Waals surface area contributed by atoms with Crippen LogP contribution in [-0.4, -0.2) is 82.8 Å². The molecule has 7 heteroatoms. The Balaban J connectivity index is 1.61. The van der Waals surface area contributed by atoms with Gasteiger partial charge < -0.3 is 20.3 Å². The van der Waals surface area contributed by atoms with E-state index in [1.54, 1.807) is 7.11 Å². The molecule has 2 rings (SSSR count). The molecule has 0 radical (unpaired) electrons. The molecule has 1 aromatic rings. The van der Waals surface area contributed by atoms with Crippen LogP contribution in [0.5, 0.6) is 0 Å². The van der Waals surface area contributed by atoms with Crippen LogP contribution in [0, 0.1) is 5.92 Å². The fourth-order valence-corrected chi connectivity index (χ4v) is 4.25. The van der Waals surface area contributed by atoms with Gasteiger partial charge in [0, 0.05) is 64.9 Å². The number of hydrogen-bond acceptors (Lipinski definition) is 5. The van der Waals surface area contributed by atoms with Gasteiger partial charge in [-0.15, -0.1) is 11.3 Å². The maximum atomic E-state index is 5.10. The molecule has 2 N–H and O–H groups in total. The van der Waals surface area contributed by atoms with Gasteiger partial charge in [-0.25, -0.2) is 0 Å². The van der Waals surface area contributed by atoms with E-state index in [0.717, 1.165) is 51.7 Å². The number of thiophene rings is 1. The highest BCUT2D eigenvalue weighted by Crippen LogP contribution is 2.19. The Morgan fingerprint density at radius 2 is 2.30 bits per heavy atom. The van der Waals surface area contributed by atoms with Crippen LogP contribution in [0.3, 0.4) is 0 Å². The van der Waals surface area contributed by atoms with Gasteiger partial charge >= 0.3 is 0 Å². The summed E-state index contributed by atoms with van der Waals surface area (Å²) < 4.78 is 5.10. The molecular formula is C20H37N5OS. The van der Waals surface area contributed by atoms with Crippen molar-refractivity contribution in [2.75, 3.05) is 67.1 Å². The van der Waals surface area contributed by atoms with E-state index in [-0.39, 0.29) is 0 Å². The Labute approximate surface area is 169 Å². The zero-order valence-corrected chi connectivity index (χ0v) is 18.1. The van der Waals surface area contributed by atoms with Gasteiger partial charge in [-0.05, 0) is 50.2 Å². The van der Waals surface area contributed by atoms with E-state index in [2.05, 4.69) is 50.0 Å². The molecule has 0 bridgehead atoms. The molecule has 27 heavy (non-hydrogen) atoms. The van der Waals surface area contributed by atoms with Gasteiger partial charge in [0.25, 0.3) is 0 Å². The first-order valence-electron chi connectivity index (χ1n) is 10.1. The lowest BCUT2D eigenvalue weighted by atomic mass is 9.98.